The van der Waals surface area contributed by atoms with E-state index in [2.05, 4.69) is 4.72 Å². The predicted octanol–water partition coefficient (Wildman–Crippen LogP) is 1.69. The molecule has 0 aliphatic rings. The fourth-order valence-corrected chi connectivity index (χ4v) is 3.45. The summed E-state index contributed by atoms with van der Waals surface area (Å²) < 4.78 is 35.7. The van der Waals surface area contributed by atoms with Crippen molar-refractivity contribution in [1.29, 1.82) is 0 Å². The molecule has 12 nitrogen and oxygen atoms in total. The van der Waals surface area contributed by atoms with E-state index in [0.29, 0.717) is 0 Å². The summed E-state index contributed by atoms with van der Waals surface area (Å²) in [5, 5.41) is 10.8. The third kappa shape index (κ3) is 5.18. The van der Waals surface area contributed by atoms with Gasteiger partial charge in [-0.1, -0.05) is 0 Å². The van der Waals surface area contributed by atoms with Gasteiger partial charge in [-0.3, -0.25) is 29.0 Å². The van der Waals surface area contributed by atoms with E-state index in [1.807, 2.05) is 0 Å². The fraction of sp³-hybridized carbons (Fsp3) is 0.211. The van der Waals surface area contributed by atoms with Crippen molar-refractivity contribution in [2.24, 2.45) is 0 Å². The van der Waals surface area contributed by atoms with Crippen molar-refractivity contribution in [2.75, 3.05) is 11.0 Å². The van der Waals surface area contributed by atoms with E-state index < -0.39 is 45.1 Å². The second kappa shape index (κ2) is 8.63. The van der Waals surface area contributed by atoms with Crippen LogP contribution in [0.1, 0.15) is 17.3 Å². The monoisotopic (exact) mass is 463 g/mol. The van der Waals surface area contributed by atoms with Crippen molar-refractivity contribution < 1.29 is 32.1 Å². The van der Waals surface area contributed by atoms with Crippen molar-refractivity contribution in [1.82, 2.24) is 4.57 Å². The number of carbonyl (C=O) groups is 2. The van der Waals surface area contributed by atoms with Gasteiger partial charge in [0.05, 0.1) is 22.8 Å². The number of esters is 1. The van der Waals surface area contributed by atoms with Gasteiger partial charge in [0.15, 0.2) is 11.7 Å². The lowest BCUT2D eigenvalue weighted by atomic mass is 10.1. The number of ketones is 1. The smallest absolute Gasteiger partial charge is 0.420 e. The second-order valence-corrected chi connectivity index (χ2v) is 8.56. The topological polar surface area (TPSA) is 168 Å². The highest BCUT2D eigenvalue weighted by molar-refractivity contribution is 7.92. The molecule has 0 saturated heterocycles. The van der Waals surface area contributed by atoms with Crippen LogP contribution >= 0.6 is 0 Å². The van der Waals surface area contributed by atoms with Crippen LogP contribution in [0.5, 0.6) is 0 Å². The van der Waals surface area contributed by atoms with E-state index in [0.717, 1.165) is 23.0 Å². The van der Waals surface area contributed by atoms with Gasteiger partial charge in [-0.25, -0.2) is 13.2 Å². The minimum Gasteiger partial charge on any atom is -0.453 e. The van der Waals surface area contributed by atoms with Gasteiger partial charge in [-0.05, 0) is 37.3 Å². The Morgan fingerprint density at radius 2 is 1.88 bits per heavy atom. The molecule has 0 bridgehead atoms. The molecule has 0 radical (unpaired) electrons. The quantitative estimate of drug-likeness (QED) is 0.226. The van der Waals surface area contributed by atoms with E-state index in [1.165, 1.54) is 37.3 Å². The Morgan fingerprint density at radius 1 is 1.22 bits per heavy atom. The molecule has 1 N–H and O–H groups in total. The predicted molar refractivity (Wildman–Crippen MR) is 112 cm³/mol. The Kier molecular flexibility index (Phi) is 6.11. The molecule has 13 heteroatoms. The lowest BCUT2D eigenvalue weighted by Gasteiger charge is -2.13. The molecule has 1 atom stereocenters. The number of carbonyl (C=O) groups excluding carboxylic acids is 2. The van der Waals surface area contributed by atoms with E-state index in [1.54, 1.807) is 0 Å². The first-order valence-corrected chi connectivity index (χ1v) is 10.9. The largest absolute Gasteiger partial charge is 0.453 e. The number of rotatable bonds is 8. The second-order valence-electron chi connectivity index (χ2n) is 6.81. The number of nitro groups is 1. The highest BCUT2D eigenvalue weighted by Gasteiger charge is 2.22. The van der Waals surface area contributed by atoms with Gasteiger partial charge in [0, 0.05) is 17.3 Å². The number of nitrogens with one attached hydrogen (secondary N) is 1. The first-order chi connectivity index (χ1) is 14.9. The van der Waals surface area contributed by atoms with Crippen LogP contribution in [0.4, 0.5) is 11.4 Å². The number of nitro benzene ring substituents is 1. The average Bonchev–Trinajstić information content (AvgIpc) is 3.01. The molecule has 3 rings (SSSR count). The Hall–Kier alpha value is -4.00. The zero-order valence-corrected chi connectivity index (χ0v) is 17.6. The average molecular weight is 463 g/mol. The maximum atomic E-state index is 12.5. The SMILES string of the molecule is CC(OC(=O)Cn1c(=O)oc2cc([N+](=O)[O-])ccc21)C(=O)c1ccc(NS(C)(=O)=O)cc1. The van der Waals surface area contributed by atoms with Crippen molar-refractivity contribution in [3.63, 3.8) is 0 Å². The molecule has 0 spiro atoms. The lowest BCUT2D eigenvalue weighted by molar-refractivity contribution is -0.384. The zero-order chi connectivity index (χ0) is 23.6. The van der Waals surface area contributed by atoms with Crippen LogP contribution in [0.15, 0.2) is 51.7 Å². The standard InChI is InChI=1S/C19H17N3O9S/c1-11(18(24)12-3-5-13(6-4-12)20-32(2,28)29)30-17(23)10-21-15-8-7-14(22(26)27)9-16(15)31-19(21)25/h3-9,11,20H,10H2,1-2H3. The molecule has 0 amide bonds. The van der Waals surface area contributed by atoms with Crippen LogP contribution in [-0.2, 0) is 26.1 Å². The van der Waals surface area contributed by atoms with Crippen LogP contribution < -0.4 is 10.5 Å². The lowest BCUT2D eigenvalue weighted by Crippen LogP contribution is -2.28. The number of oxazole rings is 1. The van der Waals surface area contributed by atoms with E-state index in [4.69, 9.17) is 9.15 Å². The van der Waals surface area contributed by atoms with E-state index >= 15 is 0 Å². The van der Waals surface area contributed by atoms with E-state index in [-0.39, 0.29) is 28.0 Å². The van der Waals surface area contributed by atoms with Crippen LogP contribution in [0, 0.1) is 10.1 Å². The number of non-ortho nitro benzene ring substituents is 1. The minimum atomic E-state index is -3.47. The summed E-state index contributed by atoms with van der Waals surface area (Å²) in [5.74, 6) is -2.35. The molecule has 0 aliphatic heterocycles. The summed E-state index contributed by atoms with van der Waals surface area (Å²) in [5.41, 5.74) is 0.259. The van der Waals surface area contributed by atoms with Crippen molar-refractivity contribution in [3.05, 3.63) is 68.7 Å². The van der Waals surface area contributed by atoms with Crippen molar-refractivity contribution in [2.45, 2.75) is 19.6 Å². The summed E-state index contributed by atoms with van der Waals surface area (Å²) in [6.45, 7) is 0.779. The Balaban J connectivity index is 1.69. The number of hydrogen-bond donors (Lipinski definition) is 1. The van der Waals surface area contributed by atoms with Gasteiger partial charge in [0.1, 0.15) is 6.54 Å². The van der Waals surface area contributed by atoms with Crippen LogP contribution in [0.25, 0.3) is 11.1 Å². The van der Waals surface area contributed by atoms with Crippen molar-refractivity contribution in [3.8, 4) is 0 Å². The van der Waals surface area contributed by atoms with Gasteiger partial charge in [0.2, 0.25) is 15.8 Å². The van der Waals surface area contributed by atoms with Gasteiger partial charge >= 0.3 is 11.7 Å². The fourth-order valence-electron chi connectivity index (χ4n) is 2.89. The van der Waals surface area contributed by atoms with E-state index in [9.17, 15) is 32.9 Å². The molecular weight excluding hydrogens is 446 g/mol. The Labute approximate surface area is 180 Å². The zero-order valence-electron chi connectivity index (χ0n) is 16.8. The first kappa shape index (κ1) is 22.7. The normalized spacial score (nSPS) is 12.3. The number of Topliss-reactive ketones (excluding diaryl/α,β-unsaturated/α-hetero) is 1. The maximum Gasteiger partial charge on any atom is 0.420 e. The molecule has 168 valence electrons. The molecule has 0 fully saturated rings. The third-order valence-electron chi connectivity index (χ3n) is 4.30. The Morgan fingerprint density at radius 3 is 2.47 bits per heavy atom. The molecule has 3 aromatic rings. The highest BCUT2D eigenvalue weighted by atomic mass is 32.2. The molecule has 32 heavy (non-hydrogen) atoms. The number of ether oxygens (including phenoxy) is 1. The molecule has 0 saturated carbocycles. The molecule has 2 aromatic carbocycles. The van der Waals surface area contributed by atoms with Crippen LogP contribution in [-0.4, -0.2) is 42.0 Å². The number of fused-ring (bicyclic) bond motifs is 1. The summed E-state index contributed by atoms with van der Waals surface area (Å²) in [6.07, 6.45) is -0.199. The third-order valence-corrected chi connectivity index (χ3v) is 4.91. The molecule has 1 unspecified atom stereocenters. The number of hydrogen-bond acceptors (Lipinski definition) is 9. The number of anilines is 1. The number of nitrogens with zero attached hydrogens (tertiary/aromatic N) is 2. The Bertz CT molecular complexity index is 1370. The van der Waals surface area contributed by atoms with Gasteiger partial charge in [-0.2, -0.15) is 0 Å². The molecule has 1 heterocycles. The number of sulfonamides is 1. The van der Waals surface area contributed by atoms with Gasteiger partial charge in [0.25, 0.3) is 5.69 Å². The van der Waals surface area contributed by atoms with Gasteiger partial charge in [-0.15, -0.1) is 0 Å². The summed E-state index contributed by atoms with van der Waals surface area (Å²) in [4.78, 5) is 47.0. The highest BCUT2D eigenvalue weighted by Crippen LogP contribution is 2.20. The summed E-state index contributed by atoms with van der Waals surface area (Å²) in [6, 6.07) is 9.02. The number of aromatic nitrogens is 1. The van der Waals surface area contributed by atoms with Crippen LogP contribution in [0.3, 0.4) is 0 Å². The molecule has 1 aromatic heterocycles. The summed E-state index contributed by atoms with van der Waals surface area (Å²) in [7, 11) is -3.47. The first-order valence-electron chi connectivity index (χ1n) is 9.04. The molecular formula is C19H17N3O9S. The van der Waals surface area contributed by atoms with Crippen molar-refractivity contribution >= 4 is 44.3 Å². The maximum absolute atomic E-state index is 12.5. The molecule has 0 aliphatic carbocycles. The van der Waals surface area contributed by atoms with Gasteiger partial charge < -0.3 is 9.15 Å². The summed E-state index contributed by atoms with van der Waals surface area (Å²) >= 11 is 0. The van der Waals surface area contributed by atoms with Crippen LogP contribution in [0.2, 0.25) is 0 Å². The minimum absolute atomic E-state index is 0.0658. The number of benzene rings is 2.